The van der Waals surface area contributed by atoms with Crippen molar-refractivity contribution in [3.05, 3.63) is 87.6 Å². The molecule has 0 atom stereocenters. The van der Waals surface area contributed by atoms with Gasteiger partial charge in [0.2, 0.25) is 11.9 Å². The van der Waals surface area contributed by atoms with Crippen molar-refractivity contribution in [2.75, 3.05) is 17.3 Å². The maximum atomic E-state index is 13.7. The van der Waals surface area contributed by atoms with Gasteiger partial charge in [-0.2, -0.15) is 0 Å². The number of benzene rings is 2. The van der Waals surface area contributed by atoms with E-state index in [1.807, 2.05) is 42.3 Å². The Morgan fingerprint density at radius 1 is 1.14 bits per heavy atom. The van der Waals surface area contributed by atoms with Crippen molar-refractivity contribution in [2.24, 2.45) is 0 Å². The van der Waals surface area contributed by atoms with Gasteiger partial charge in [0, 0.05) is 31.0 Å². The van der Waals surface area contributed by atoms with Crippen LogP contribution in [0.4, 0.5) is 16.0 Å². The lowest BCUT2D eigenvalue weighted by atomic mass is 10.2. The highest BCUT2D eigenvalue weighted by molar-refractivity contribution is 5.90. The van der Waals surface area contributed by atoms with Crippen LogP contribution in [0.25, 0.3) is 0 Å². The van der Waals surface area contributed by atoms with E-state index in [1.54, 1.807) is 26.0 Å². The highest BCUT2D eigenvalue weighted by atomic mass is 19.1. The molecule has 0 fully saturated rings. The van der Waals surface area contributed by atoms with Crippen LogP contribution in [-0.4, -0.2) is 22.5 Å². The van der Waals surface area contributed by atoms with Gasteiger partial charge in [-0.3, -0.25) is 14.2 Å². The lowest BCUT2D eigenvalue weighted by Gasteiger charge is -2.22. The fourth-order valence-electron chi connectivity index (χ4n) is 2.99. The molecule has 0 saturated carbocycles. The first-order chi connectivity index (χ1) is 13.8. The molecule has 0 spiro atoms. The molecule has 0 unspecified atom stereocenters. The summed E-state index contributed by atoms with van der Waals surface area (Å²) in [5.74, 6) is -0.445. The van der Waals surface area contributed by atoms with Crippen LogP contribution in [0.3, 0.4) is 0 Å². The second-order valence-corrected chi connectivity index (χ2v) is 6.98. The topological polar surface area (TPSA) is 67.2 Å². The average Bonchev–Trinajstić information content (AvgIpc) is 2.67. The zero-order chi connectivity index (χ0) is 21.0. The summed E-state index contributed by atoms with van der Waals surface area (Å²) in [6.07, 6.45) is 0. The third-order valence-corrected chi connectivity index (χ3v) is 4.48. The smallest absolute Gasteiger partial charge is 0.255 e. The molecule has 0 aliphatic rings. The highest BCUT2D eigenvalue weighted by Gasteiger charge is 2.15. The number of carbonyl (C=O) groups excluding carboxylic acids is 1. The molecule has 3 rings (SSSR count). The van der Waals surface area contributed by atoms with Crippen LogP contribution >= 0.6 is 0 Å². The van der Waals surface area contributed by atoms with Gasteiger partial charge in [-0.25, -0.2) is 9.37 Å². The number of anilines is 2. The Morgan fingerprint density at radius 3 is 2.55 bits per heavy atom. The summed E-state index contributed by atoms with van der Waals surface area (Å²) in [6, 6.07) is 15.6. The number of aromatic nitrogens is 2. The van der Waals surface area contributed by atoms with E-state index in [-0.39, 0.29) is 12.1 Å². The van der Waals surface area contributed by atoms with Crippen molar-refractivity contribution < 1.29 is 9.18 Å². The fourth-order valence-corrected chi connectivity index (χ4v) is 2.99. The number of halogens is 1. The Labute approximate surface area is 168 Å². The second kappa shape index (κ2) is 8.68. The van der Waals surface area contributed by atoms with Crippen molar-refractivity contribution in [1.29, 1.82) is 0 Å². The molecule has 0 saturated heterocycles. The van der Waals surface area contributed by atoms with Gasteiger partial charge < -0.3 is 10.2 Å². The Hall–Kier alpha value is -3.48. The summed E-state index contributed by atoms with van der Waals surface area (Å²) >= 11 is 0. The Bertz CT molecular complexity index is 1080. The molecular weight excluding hydrogens is 371 g/mol. The van der Waals surface area contributed by atoms with E-state index in [1.165, 1.54) is 16.7 Å². The van der Waals surface area contributed by atoms with Crippen LogP contribution in [0.15, 0.2) is 59.4 Å². The van der Waals surface area contributed by atoms with Crippen LogP contribution < -0.4 is 15.8 Å². The van der Waals surface area contributed by atoms with Crippen molar-refractivity contribution in [2.45, 2.75) is 26.9 Å². The fraction of sp³-hybridized carbons (Fsp3) is 0.227. The van der Waals surface area contributed by atoms with Crippen molar-refractivity contribution in [3.8, 4) is 0 Å². The van der Waals surface area contributed by atoms with Gasteiger partial charge in [-0.05, 0) is 37.1 Å². The number of hydrogen-bond acceptors (Lipinski definition) is 4. The first-order valence-corrected chi connectivity index (χ1v) is 9.23. The van der Waals surface area contributed by atoms with E-state index in [2.05, 4.69) is 10.3 Å². The number of hydrogen-bond donors (Lipinski definition) is 1. The summed E-state index contributed by atoms with van der Waals surface area (Å²) < 4.78 is 15.0. The number of nitrogens with zero attached hydrogens (tertiary/aromatic N) is 3. The van der Waals surface area contributed by atoms with Crippen LogP contribution in [0.5, 0.6) is 0 Å². The zero-order valence-corrected chi connectivity index (χ0v) is 16.6. The predicted octanol–water partition coefficient (Wildman–Crippen LogP) is 3.27. The molecule has 0 radical (unpaired) electrons. The van der Waals surface area contributed by atoms with E-state index in [0.29, 0.717) is 29.4 Å². The number of rotatable bonds is 6. The molecule has 1 N–H and O–H groups in total. The monoisotopic (exact) mass is 394 g/mol. The third-order valence-electron chi connectivity index (χ3n) is 4.48. The maximum absolute atomic E-state index is 13.7. The number of aryl methyl sites for hydroxylation is 2. The third kappa shape index (κ3) is 5.07. The standard InChI is InChI=1S/C22H23FN4O2/c1-15-9-10-18(12-19(15)23)25-20(28)14-27-21(29)11-16(2)24-22(27)26(3)13-17-7-5-4-6-8-17/h4-12H,13-14H2,1-3H3,(H,25,28). The first kappa shape index (κ1) is 20.3. The maximum Gasteiger partial charge on any atom is 0.255 e. The normalized spacial score (nSPS) is 10.6. The minimum Gasteiger partial charge on any atom is -0.341 e. The number of amides is 1. The van der Waals surface area contributed by atoms with Crippen LogP contribution in [-0.2, 0) is 17.9 Å². The highest BCUT2D eigenvalue weighted by Crippen LogP contribution is 2.15. The molecule has 2 aromatic carbocycles. The Kier molecular flexibility index (Phi) is 6.07. The molecule has 3 aromatic rings. The summed E-state index contributed by atoms with van der Waals surface area (Å²) in [7, 11) is 1.82. The molecular formula is C22H23FN4O2. The molecule has 6 nitrogen and oxygen atoms in total. The number of carbonyl (C=O) groups is 1. The lowest BCUT2D eigenvalue weighted by molar-refractivity contribution is -0.116. The van der Waals surface area contributed by atoms with Gasteiger partial charge in [0.1, 0.15) is 12.4 Å². The van der Waals surface area contributed by atoms with E-state index < -0.39 is 11.7 Å². The molecule has 29 heavy (non-hydrogen) atoms. The molecule has 150 valence electrons. The first-order valence-electron chi connectivity index (χ1n) is 9.23. The van der Waals surface area contributed by atoms with Crippen molar-refractivity contribution in [3.63, 3.8) is 0 Å². The van der Waals surface area contributed by atoms with E-state index in [4.69, 9.17) is 0 Å². The van der Waals surface area contributed by atoms with Crippen molar-refractivity contribution >= 4 is 17.5 Å². The SMILES string of the molecule is Cc1cc(=O)n(CC(=O)Nc2ccc(C)c(F)c2)c(N(C)Cc2ccccc2)n1. The summed E-state index contributed by atoms with van der Waals surface area (Å²) in [4.78, 5) is 31.4. The predicted molar refractivity (Wildman–Crippen MR) is 112 cm³/mol. The lowest BCUT2D eigenvalue weighted by Crippen LogP contribution is -2.34. The average molecular weight is 394 g/mol. The molecule has 1 heterocycles. The summed E-state index contributed by atoms with van der Waals surface area (Å²) in [5, 5.41) is 2.63. The van der Waals surface area contributed by atoms with Crippen LogP contribution in [0.1, 0.15) is 16.8 Å². The number of nitrogens with one attached hydrogen (secondary N) is 1. The quantitative estimate of drug-likeness (QED) is 0.697. The van der Waals surface area contributed by atoms with E-state index in [0.717, 1.165) is 5.56 Å². The van der Waals surface area contributed by atoms with Gasteiger partial charge in [-0.15, -0.1) is 0 Å². The Balaban J connectivity index is 1.83. The zero-order valence-electron chi connectivity index (χ0n) is 16.6. The van der Waals surface area contributed by atoms with Gasteiger partial charge in [0.25, 0.3) is 5.56 Å². The molecule has 0 aliphatic heterocycles. The minimum atomic E-state index is -0.435. The molecule has 0 bridgehead atoms. The van der Waals surface area contributed by atoms with Gasteiger partial charge in [0.05, 0.1) is 0 Å². The van der Waals surface area contributed by atoms with Gasteiger partial charge in [-0.1, -0.05) is 36.4 Å². The molecule has 7 heteroatoms. The molecule has 0 aliphatic carbocycles. The van der Waals surface area contributed by atoms with Crippen LogP contribution in [0, 0.1) is 19.7 Å². The summed E-state index contributed by atoms with van der Waals surface area (Å²) in [6.45, 7) is 3.69. The second-order valence-electron chi connectivity index (χ2n) is 6.98. The van der Waals surface area contributed by atoms with E-state index in [9.17, 15) is 14.0 Å². The van der Waals surface area contributed by atoms with E-state index >= 15 is 0 Å². The van der Waals surface area contributed by atoms with Crippen LogP contribution in [0.2, 0.25) is 0 Å². The Morgan fingerprint density at radius 2 is 1.86 bits per heavy atom. The van der Waals surface area contributed by atoms with Gasteiger partial charge in [0.15, 0.2) is 0 Å². The minimum absolute atomic E-state index is 0.226. The molecule has 1 aromatic heterocycles. The van der Waals surface area contributed by atoms with Gasteiger partial charge >= 0.3 is 0 Å². The summed E-state index contributed by atoms with van der Waals surface area (Å²) in [5.41, 5.74) is 2.13. The van der Waals surface area contributed by atoms with Crippen molar-refractivity contribution in [1.82, 2.24) is 9.55 Å². The largest absolute Gasteiger partial charge is 0.341 e. The molecule has 1 amide bonds.